The van der Waals surface area contributed by atoms with Gasteiger partial charge in [0.25, 0.3) is 0 Å². The molecule has 0 aromatic heterocycles. The molecule has 0 aliphatic carbocycles. The van der Waals surface area contributed by atoms with E-state index in [4.69, 9.17) is 0 Å². The molecule has 0 radical (unpaired) electrons. The van der Waals surface area contributed by atoms with Gasteiger partial charge in [-0.1, -0.05) is 74.2 Å². The molecular weight excluding hydrogens is 320 g/mol. The molecule has 2 N–H and O–H groups in total. The van der Waals surface area contributed by atoms with Crippen molar-refractivity contribution in [2.45, 2.75) is 78.4 Å². The minimum absolute atomic E-state index is 0.280. The van der Waals surface area contributed by atoms with Gasteiger partial charge in [0.2, 0.25) is 0 Å². The highest BCUT2D eigenvalue weighted by molar-refractivity contribution is 5.69. The van der Waals surface area contributed by atoms with Gasteiger partial charge in [-0.25, -0.2) is 0 Å². The first kappa shape index (κ1) is 20.7. The van der Waals surface area contributed by atoms with Crippen LogP contribution in [0.4, 0.5) is 0 Å². The number of aliphatic hydroxyl groups is 2. The van der Waals surface area contributed by atoms with E-state index >= 15 is 0 Å². The van der Waals surface area contributed by atoms with Gasteiger partial charge in [-0.3, -0.25) is 0 Å². The number of hydrogen-bond acceptors (Lipinski definition) is 2. The standard InChI is InChI=1S/C24H34O2/c1-5-7-22(25)15-19-11-18(4)12-21(14-19)24-13-17(3)9-10-20(24)16-23(26)8-6-2/h9-14,22-23,25-26H,5-8,15-16H2,1-4H3. The second-order valence-corrected chi connectivity index (χ2v) is 7.66. The van der Waals surface area contributed by atoms with Crippen molar-refractivity contribution < 1.29 is 10.2 Å². The second-order valence-electron chi connectivity index (χ2n) is 7.66. The van der Waals surface area contributed by atoms with Crippen molar-refractivity contribution in [2.24, 2.45) is 0 Å². The summed E-state index contributed by atoms with van der Waals surface area (Å²) in [5.74, 6) is 0. The molecular formula is C24H34O2. The first-order valence-corrected chi connectivity index (χ1v) is 9.99. The van der Waals surface area contributed by atoms with Crippen LogP contribution in [-0.2, 0) is 12.8 Å². The molecule has 2 nitrogen and oxygen atoms in total. The number of aryl methyl sites for hydroxylation is 2. The third-order valence-corrected chi connectivity index (χ3v) is 4.88. The maximum absolute atomic E-state index is 10.3. The van der Waals surface area contributed by atoms with E-state index in [9.17, 15) is 10.2 Å². The molecule has 0 saturated heterocycles. The highest BCUT2D eigenvalue weighted by atomic mass is 16.3. The van der Waals surface area contributed by atoms with Crippen LogP contribution >= 0.6 is 0 Å². The summed E-state index contributed by atoms with van der Waals surface area (Å²) >= 11 is 0. The molecule has 26 heavy (non-hydrogen) atoms. The molecule has 0 saturated carbocycles. The summed E-state index contributed by atoms with van der Waals surface area (Å²) in [5, 5.41) is 20.5. The lowest BCUT2D eigenvalue weighted by Crippen LogP contribution is -2.11. The molecule has 0 aliphatic rings. The summed E-state index contributed by atoms with van der Waals surface area (Å²) in [6, 6.07) is 13.1. The van der Waals surface area contributed by atoms with Crippen LogP contribution in [-0.4, -0.2) is 22.4 Å². The van der Waals surface area contributed by atoms with Gasteiger partial charge in [-0.05, 0) is 61.8 Å². The predicted octanol–water partition coefficient (Wildman–Crippen LogP) is 5.38. The zero-order valence-corrected chi connectivity index (χ0v) is 16.8. The quantitative estimate of drug-likeness (QED) is 0.635. The van der Waals surface area contributed by atoms with E-state index in [1.165, 1.54) is 33.4 Å². The van der Waals surface area contributed by atoms with Crippen LogP contribution in [0.3, 0.4) is 0 Å². The van der Waals surface area contributed by atoms with Gasteiger partial charge < -0.3 is 10.2 Å². The van der Waals surface area contributed by atoms with Crippen LogP contribution < -0.4 is 0 Å². The SMILES string of the molecule is CCCC(O)Cc1cc(C)cc(-c2cc(C)ccc2CC(O)CCC)c1. The molecule has 0 fully saturated rings. The summed E-state index contributed by atoms with van der Waals surface area (Å²) < 4.78 is 0. The number of hydrogen-bond donors (Lipinski definition) is 2. The Labute approximate surface area is 158 Å². The molecule has 2 aromatic carbocycles. The summed E-state index contributed by atoms with van der Waals surface area (Å²) in [7, 11) is 0. The smallest absolute Gasteiger partial charge is 0.0580 e. The number of rotatable bonds is 9. The first-order valence-electron chi connectivity index (χ1n) is 9.99. The van der Waals surface area contributed by atoms with Crippen molar-refractivity contribution in [3.8, 4) is 11.1 Å². The van der Waals surface area contributed by atoms with Crippen LogP contribution in [0.1, 0.15) is 61.8 Å². The van der Waals surface area contributed by atoms with Crippen LogP contribution in [0.15, 0.2) is 36.4 Å². The highest BCUT2D eigenvalue weighted by Crippen LogP contribution is 2.29. The Hall–Kier alpha value is -1.64. The lowest BCUT2D eigenvalue weighted by Gasteiger charge is -2.17. The Morgan fingerprint density at radius 1 is 0.769 bits per heavy atom. The normalized spacial score (nSPS) is 13.6. The van der Waals surface area contributed by atoms with Gasteiger partial charge in [0.15, 0.2) is 0 Å². The van der Waals surface area contributed by atoms with Gasteiger partial charge in [0.05, 0.1) is 12.2 Å². The van der Waals surface area contributed by atoms with Gasteiger partial charge >= 0.3 is 0 Å². The van der Waals surface area contributed by atoms with Gasteiger partial charge in [-0.2, -0.15) is 0 Å². The van der Waals surface area contributed by atoms with Crippen LogP contribution in [0, 0.1) is 13.8 Å². The predicted molar refractivity (Wildman–Crippen MR) is 111 cm³/mol. The molecule has 2 heteroatoms. The molecule has 2 aromatic rings. The van der Waals surface area contributed by atoms with E-state index in [2.05, 4.69) is 64.1 Å². The maximum Gasteiger partial charge on any atom is 0.0580 e. The van der Waals surface area contributed by atoms with Gasteiger partial charge in [0.1, 0.15) is 0 Å². The van der Waals surface area contributed by atoms with E-state index in [1.807, 2.05) is 0 Å². The number of aliphatic hydroxyl groups excluding tert-OH is 2. The molecule has 2 rings (SSSR count). The Bertz CT molecular complexity index is 705. The zero-order valence-electron chi connectivity index (χ0n) is 16.8. The molecule has 2 unspecified atom stereocenters. The van der Waals surface area contributed by atoms with Crippen LogP contribution in [0.5, 0.6) is 0 Å². The van der Waals surface area contributed by atoms with Crippen molar-refractivity contribution in [1.82, 2.24) is 0 Å². The summed E-state index contributed by atoms with van der Waals surface area (Å²) in [6.07, 6.45) is 4.46. The average molecular weight is 355 g/mol. The van der Waals surface area contributed by atoms with Crippen LogP contribution in [0.2, 0.25) is 0 Å². The lowest BCUT2D eigenvalue weighted by atomic mass is 9.90. The Kier molecular flexibility index (Phi) is 7.86. The first-order chi connectivity index (χ1) is 12.4. The lowest BCUT2D eigenvalue weighted by molar-refractivity contribution is 0.163. The molecule has 0 bridgehead atoms. The van der Waals surface area contributed by atoms with Gasteiger partial charge in [-0.15, -0.1) is 0 Å². The highest BCUT2D eigenvalue weighted by Gasteiger charge is 2.13. The summed E-state index contributed by atoms with van der Waals surface area (Å²) in [5.41, 5.74) is 7.21. The maximum atomic E-state index is 10.3. The van der Waals surface area contributed by atoms with Crippen molar-refractivity contribution in [1.29, 1.82) is 0 Å². The van der Waals surface area contributed by atoms with Gasteiger partial charge in [0, 0.05) is 0 Å². The Morgan fingerprint density at radius 2 is 1.42 bits per heavy atom. The summed E-state index contributed by atoms with van der Waals surface area (Å²) in [6.45, 7) is 8.43. The third kappa shape index (κ3) is 5.96. The topological polar surface area (TPSA) is 40.5 Å². The fourth-order valence-electron chi connectivity index (χ4n) is 3.67. The fraction of sp³-hybridized carbons (Fsp3) is 0.500. The Morgan fingerprint density at radius 3 is 2.08 bits per heavy atom. The molecule has 0 heterocycles. The molecule has 2 atom stereocenters. The second kappa shape index (κ2) is 9.89. The monoisotopic (exact) mass is 354 g/mol. The van der Waals surface area contributed by atoms with Crippen molar-refractivity contribution in [3.63, 3.8) is 0 Å². The van der Waals surface area contributed by atoms with E-state index in [-0.39, 0.29) is 12.2 Å². The zero-order chi connectivity index (χ0) is 19.1. The molecule has 0 spiro atoms. The summed E-state index contributed by atoms with van der Waals surface area (Å²) in [4.78, 5) is 0. The molecule has 0 amide bonds. The van der Waals surface area contributed by atoms with Crippen molar-refractivity contribution in [3.05, 3.63) is 58.7 Å². The molecule has 142 valence electrons. The third-order valence-electron chi connectivity index (χ3n) is 4.88. The minimum atomic E-state index is -0.294. The Balaban J connectivity index is 2.37. The van der Waals surface area contributed by atoms with E-state index < -0.39 is 0 Å². The fourth-order valence-corrected chi connectivity index (χ4v) is 3.67. The largest absolute Gasteiger partial charge is 0.393 e. The number of benzene rings is 2. The van der Waals surface area contributed by atoms with Crippen LogP contribution in [0.25, 0.3) is 11.1 Å². The molecule has 0 aliphatic heterocycles. The van der Waals surface area contributed by atoms with Crippen molar-refractivity contribution in [2.75, 3.05) is 0 Å². The van der Waals surface area contributed by atoms with E-state index in [0.29, 0.717) is 12.8 Å². The van der Waals surface area contributed by atoms with E-state index in [0.717, 1.165) is 25.7 Å². The average Bonchev–Trinajstić information content (AvgIpc) is 2.56. The van der Waals surface area contributed by atoms with Crippen molar-refractivity contribution >= 4 is 0 Å². The minimum Gasteiger partial charge on any atom is -0.393 e. The van der Waals surface area contributed by atoms with E-state index in [1.54, 1.807) is 0 Å².